The molecule has 2 heterocycles. The third-order valence-corrected chi connectivity index (χ3v) is 2.98. The van der Waals surface area contributed by atoms with Crippen molar-refractivity contribution in [3.8, 4) is 0 Å². The van der Waals surface area contributed by atoms with Crippen molar-refractivity contribution in [3.05, 3.63) is 0 Å². The first-order chi connectivity index (χ1) is 5.77. The number of carbonyl (C=O) groups excluding carboxylic acids is 1. The molecule has 0 spiro atoms. The topological polar surface area (TPSA) is 38.3 Å². The van der Waals surface area contributed by atoms with Crippen LogP contribution in [0.1, 0.15) is 19.8 Å². The molecule has 3 heteroatoms. The zero-order valence-corrected chi connectivity index (χ0v) is 7.38. The Hall–Kier alpha value is -0.570. The fraction of sp³-hybridized carbons (Fsp3) is 0.889. The second-order valence-corrected chi connectivity index (χ2v) is 3.88. The van der Waals surface area contributed by atoms with Crippen molar-refractivity contribution >= 4 is 5.91 Å². The second-order valence-electron chi connectivity index (χ2n) is 3.88. The summed E-state index contributed by atoms with van der Waals surface area (Å²) in [7, 11) is 0. The second kappa shape index (κ2) is 3.05. The van der Waals surface area contributed by atoms with Gasteiger partial charge in [0.05, 0.1) is 6.61 Å². The van der Waals surface area contributed by atoms with Crippen molar-refractivity contribution < 1.29 is 9.53 Å². The molecule has 0 aromatic heterocycles. The molecule has 0 saturated carbocycles. The molecular formula is C9H15NO2. The average Bonchev–Trinajstić information content (AvgIpc) is 2.04. The molecule has 2 aliphatic rings. The number of ether oxygens (including phenoxy) is 1. The minimum Gasteiger partial charge on any atom is -0.381 e. The first kappa shape index (κ1) is 8.05. The number of piperidine rings is 1. The van der Waals surface area contributed by atoms with Crippen molar-refractivity contribution in [1.82, 2.24) is 5.32 Å². The summed E-state index contributed by atoms with van der Waals surface area (Å²) < 4.78 is 5.39. The summed E-state index contributed by atoms with van der Waals surface area (Å²) in [5, 5.41) is 3.03. The third kappa shape index (κ3) is 1.33. The van der Waals surface area contributed by atoms with Crippen molar-refractivity contribution in [2.45, 2.75) is 25.8 Å². The van der Waals surface area contributed by atoms with Gasteiger partial charge in [0, 0.05) is 25.0 Å². The Labute approximate surface area is 72.5 Å². The molecule has 1 amide bonds. The molecule has 1 N–H and O–H groups in total. The molecule has 2 fully saturated rings. The van der Waals surface area contributed by atoms with Gasteiger partial charge in [-0.2, -0.15) is 0 Å². The standard InChI is InChI=1S/C9H15NO2/c1-6-4-9(11)10-8-2-3-12-5-7(6)8/h6-8H,2-5H2,1H3,(H,10,11)/t6?,7-,8-/m0/s1. The first-order valence-corrected chi connectivity index (χ1v) is 4.64. The van der Waals surface area contributed by atoms with Gasteiger partial charge in [-0.05, 0) is 12.3 Å². The molecule has 68 valence electrons. The van der Waals surface area contributed by atoms with Gasteiger partial charge in [0.1, 0.15) is 0 Å². The lowest BCUT2D eigenvalue weighted by Crippen LogP contribution is -2.52. The Balaban J connectivity index is 2.06. The van der Waals surface area contributed by atoms with Crippen LogP contribution in [-0.4, -0.2) is 25.2 Å². The summed E-state index contributed by atoms with van der Waals surface area (Å²) in [5.74, 6) is 1.26. The van der Waals surface area contributed by atoms with Crippen LogP contribution < -0.4 is 5.32 Å². The van der Waals surface area contributed by atoms with Crippen LogP contribution in [0, 0.1) is 11.8 Å². The predicted octanol–water partition coefficient (Wildman–Crippen LogP) is 0.547. The monoisotopic (exact) mass is 169 g/mol. The molecule has 0 radical (unpaired) electrons. The van der Waals surface area contributed by atoms with Crippen LogP contribution in [0.25, 0.3) is 0 Å². The zero-order valence-electron chi connectivity index (χ0n) is 7.38. The Kier molecular flexibility index (Phi) is 2.05. The summed E-state index contributed by atoms with van der Waals surface area (Å²) in [6, 6.07) is 0.384. The number of hydrogen-bond donors (Lipinski definition) is 1. The molecule has 0 bridgehead atoms. The quantitative estimate of drug-likeness (QED) is 0.575. The maximum absolute atomic E-state index is 11.2. The Morgan fingerprint density at radius 1 is 1.58 bits per heavy atom. The highest BCUT2D eigenvalue weighted by molar-refractivity contribution is 5.77. The molecule has 12 heavy (non-hydrogen) atoms. The highest BCUT2D eigenvalue weighted by Gasteiger charge is 2.36. The van der Waals surface area contributed by atoms with Crippen LogP contribution in [0.5, 0.6) is 0 Å². The molecule has 0 aromatic rings. The van der Waals surface area contributed by atoms with Crippen molar-refractivity contribution in [2.75, 3.05) is 13.2 Å². The highest BCUT2D eigenvalue weighted by atomic mass is 16.5. The van der Waals surface area contributed by atoms with Crippen molar-refractivity contribution in [2.24, 2.45) is 11.8 Å². The van der Waals surface area contributed by atoms with E-state index in [1.165, 1.54) is 0 Å². The lowest BCUT2D eigenvalue weighted by Gasteiger charge is -2.39. The number of nitrogens with one attached hydrogen (secondary N) is 1. The molecule has 3 atom stereocenters. The maximum Gasteiger partial charge on any atom is 0.220 e. The summed E-state index contributed by atoms with van der Waals surface area (Å²) in [6.45, 7) is 3.77. The SMILES string of the molecule is CC1CC(=O)N[C@H]2CCOC[C@@H]12. The van der Waals surface area contributed by atoms with Gasteiger partial charge in [-0.25, -0.2) is 0 Å². The lowest BCUT2D eigenvalue weighted by atomic mass is 9.80. The lowest BCUT2D eigenvalue weighted by molar-refractivity contribution is -0.129. The molecule has 0 aromatic carbocycles. The van der Waals surface area contributed by atoms with E-state index in [9.17, 15) is 4.79 Å². The number of amides is 1. The summed E-state index contributed by atoms with van der Waals surface area (Å²) >= 11 is 0. The highest BCUT2D eigenvalue weighted by Crippen LogP contribution is 2.28. The molecule has 3 nitrogen and oxygen atoms in total. The average molecular weight is 169 g/mol. The van der Waals surface area contributed by atoms with Crippen LogP contribution in [0.3, 0.4) is 0 Å². The van der Waals surface area contributed by atoms with Crippen LogP contribution in [-0.2, 0) is 9.53 Å². The van der Waals surface area contributed by atoms with Gasteiger partial charge < -0.3 is 10.1 Å². The van der Waals surface area contributed by atoms with Crippen molar-refractivity contribution in [1.29, 1.82) is 0 Å². The van der Waals surface area contributed by atoms with E-state index in [0.29, 0.717) is 24.3 Å². The predicted molar refractivity (Wildman–Crippen MR) is 44.6 cm³/mol. The minimum absolute atomic E-state index is 0.214. The fourth-order valence-electron chi connectivity index (χ4n) is 2.21. The van der Waals surface area contributed by atoms with E-state index in [1.54, 1.807) is 0 Å². The van der Waals surface area contributed by atoms with E-state index in [2.05, 4.69) is 12.2 Å². The Morgan fingerprint density at radius 3 is 3.25 bits per heavy atom. The van der Waals surface area contributed by atoms with Gasteiger partial charge in [-0.1, -0.05) is 6.92 Å². The third-order valence-electron chi connectivity index (χ3n) is 2.98. The number of fused-ring (bicyclic) bond motifs is 1. The Bertz CT molecular complexity index is 193. The van der Waals surface area contributed by atoms with E-state index in [-0.39, 0.29) is 5.91 Å². The largest absolute Gasteiger partial charge is 0.381 e. The summed E-state index contributed by atoms with van der Waals surface area (Å²) in [4.78, 5) is 11.2. The fourth-order valence-corrected chi connectivity index (χ4v) is 2.21. The van der Waals surface area contributed by atoms with E-state index in [0.717, 1.165) is 19.6 Å². The smallest absolute Gasteiger partial charge is 0.220 e. The van der Waals surface area contributed by atoms with Crippen LogP contribution in [0.2, 0.25) is 0 Å². The number of carbonyl (C=O) groups is 1. The van der Waals surface area contributed by atoms with Gasteiger partial charge >= 0.3 is 0 Å². The van der Waals surface area contributed by atoms with E-state index < -0.39 is 0 Å². The summed E-state index contributed by atoms with van der Waals surface area (Å²) in [6.07, 6.45) is 1.66. The zero-order chi connectivity index (χ0) is 8.55. The van der Waals surface area contributed by atoms with Gasteiger partial charge in [0.2, 0.25) is 5.91 Å². The van der Waals surface area contributed by atoms with E-state index in [4.69, 9.17) is 4.74 Å². The Morgan fingerprint density at radius 2 is 2.42 bits per heavy atom. The van der Waals surface area contributed by atoms with Crippen LogP contribution >= 0.6 is 0 Å². The molecular weight excluding hydrogens is 154 g/mol. The summed E-state index contributed by atoms with van der Waals surface area (Å²) in [5.41, 5.74) is 0. The van der Waals surface area contributed by atoms with Crippen LogP contribution in [0.4, 0.5) is 0 Å². The minimum atomic E-state index is 0.214. The number of rotatable bonds is 0. The van der Waals surface area contributed by atoms with Gasteiger partial charge in [-0.15, -0.1) is 0 Å². The first-order valence-electron chi connectivity index (χ1n) is 4.64. The van der Waals surface area contributed by atoms with Gasteiger partial charge in [0.15, 0.2) is 0 Å². The molecule has 2 rings (SSSR count). The normalized spacial score (nSPS) is 41.8. The van der Waals surface area contributed by atoms with E-state index in [1.807, 2.05) is 0 Å². The maximum atomic E-state index is 11.2. The molecule has 0 aliphatic carbocycles. The molecule has 1 unspecified atom stereocenters. The molecule has 2 saturated heterocycles. The number of hydrogen-bond acceptors (Lipinski definition) is 2. The van der Waals surface area contributed by atoms with Crippen molar-refractivity contribution in [3.63, 3.8) is 0 Å². The molecule has 2 aliphatic heterocycles. The van der Waals surface area contributed by atoms with Crippen LogP contribution in [0.15, 0.2) is 0 Å². The van der Waals surface area contributed by atoms with Gasteiger partial charge in [-0.3, -0.25) is 4.79 Å². The van der Waals surface area contributed by atoms with Gasteiger partial charge in [0.25, 0.3) is 0 Å². The van der Waals surface area contributed by atoms with E-state index >= 15 is 0 Å².